The maximum absolute atomic E-state index is 12.3. The number of hydrogen-bond acceptors (Lipinski definition) is 2. The van der Waals surface area contributed by atoms with E-state index < -0.39 is 16.7 Å². The van der Waals surface area contributed by atoms with Crippen LogP contribution in [0.3, 0.4) is 0 Å². The summed E-state index contributed by atoms with van der Waals surface area (Å²) >= 11 is 0. The van der Waals surface area contributed by atoms with Gasteiger partial charge in [-0.25, -0.2) is 0 Å². The SMILES string of the molecule is NC(=O)CS(=O)/C(=C1\C=CC=CC1)c1ccccc1. The molecular weight excluding hydrogens is 258 g/mol. The smallest absolute Gasteiger partial charge is 0.230 e. The van der Waals surface area contributed by atoms with Crippen LogP contribution >= 0.6 is 0 Å². The highest BCUT2D eigenvalue weighted by molar-refractivity contribution is 7.95. The van der Waals surface area contributed by atoms with Gasteiger partial charge in [-0.2, -0.15) is 0 Å². The van der Waals surface area contributed by atoms with Crippen molar-refractivity contribution in [2.45, 2.75) is 6.42 Å². The van der Waals surface area contributed by atoms with Gasteiger partial charge in [-0.3, -0.25) is 9.00 Å². The van der Waals surface area contributed by atoms with E-state index in [0.29, 0.717) is 11.3 Å². The van der Waals surface area contributed by atoms with E-state index in [1.807, 2.05) is 54.6 Å². The van der Waals surface area contributed by atoms with Gasteiger partial charge in [0.2, 0.25) is 5.91 Å². The summed E-state index contributed by atoms with van der Waals surface area (Å²) < 4.78 is 12.3. The molecule has 1 aliphatic rings. The minimum absolute atomic E-state index is 0.148. The zero-order valence-electron chi connectivity index (χ0n) is 10.4. The molecule has 0 fully saturated rings. The van der Waals surface area contributed by atoms with Crippen molar-refractivity contribution in [2.24, 2.45) is 5.73 Å². The largest absolute Gasteiger partial charge is 0.369 e. The van der Waals surface area contributed by atoms with Crippen molar-refractivity contribution in [2.75, 3.05) is 5.75 Å². The Bertz CT molecular complexity index is 585. The Morgan fingerprint density at radius 1 is 1.21 bits per heavy atom. The van der Waals surface area contributed by atoms with Gasteiger partial charge in [0.05, 0.1) is 15.7 Å². The van der Waals surface area contributed by atoms with Crippen molar-refractivity contribution in [1.82, 2.24) is 0 Å². The van der Waals surface area contributed by atoms with Crippen LogP contribution in [-0.2, 0) is 15.6 Å². The van der Waals surface area contributed by atoms with Crippen molar-refractivity contribution in [3.8, 4) is 0 Å². The summed E-state index contributed by atoms with van der Waals surface area (Å²) in [7, 11) is -1.42. The van der Waals surface area contributed by atoms with Gasteiger partial charge in [0.15, 0.2) is 0 Å². The number of hydrogen-bond donors (Lipinski definition) is 1. The molecule has 1 aliphatic carbocycles. The third-order valence-electron chi connectivity index (χ3n) is 2.71. The molecule has 1 aromatic carbocycles. The van der Waals surface area contributed by atoms with Crippen molar-refractivity contribution in [3.05, 3.63) is 65.8 Å². The molecule has 3 nitrogen and oxygen atoms in total. The Labute approximate surface area is 115 Å². The Morgan fingerprint density at radius 2 is 1.95 bits per heavy atom. The predicted octanol–water partition coefficient (Wildman–Crippen LogP) is 2.15. The summed E-state index contributed by atoms with van der Waals surface area (Å²) in [4.78, 5) is 11.7. The fourth-order valence-corrected chi connectivity index (χ4v) is 3.18. The van der Waals surface area contributed by atoms with Crippen LogP contribution in [0.2, 0.25) is 0 Å². The molecule has 0 radical (unpaired) electrons. The molecule has 0 heterocycles. The molecular formula is C15H15NO2S. The molecule has 4 heteroatoms. The van der Waals surface area contributed by atoms with Gasteiger partial charge in [0, 0.05) is 0 Å². The summed E-state index contributed by atoms with van der Waals surface area (Å²) in [5.74, 6) is -0.701. The first kappa shape index (κ1) is 13.5. The van der Waals surface area contributed by atoms with Crippen LogP contribution in [0.4, 0.5) is 0 Å². The summed E-state index contributed by atoms with van der Waals surface area (Å²) in [5, 5.41) is 0. The number of nitrogens with two attached hydrogens (primary N) is 1. The Balaban J connectivity index is 2.45. The second-order valence-electron chi connectivity index (χ2n) is 4.17. The normalized spacial score (nSPS) is 18.1. The van der Waals surface area contributed by atoms with E-state index in [2.05, 4.69) is 0 Å². The van der Waals surface area contributed by atoms with E-state index in [1.165, 1.54) is 0 Å². The molecule has 2 N–H and O–H groups in total. The summed E-state index contributed by atoms with van der Waals surface area (Å²) in [6, 6.07) is 9.47. The Morgan fingerprint density at radius 3 is 2.53 bits per heavy atom. The molecule has 0 saturated heterocycles. The van der Waals surface area contributed by atoms with Crippen LogP contribution < -0.4 is 5.73 Å². The highest BCUT2D eigenvalue weighted by Gasteiger charge is 2.16. The number of carbonyl (C=O) groups excluding carboxylic acids is 1. The molecule has 0 bridgehead atoms. The molecule has 1 unspecified atom stereocenters. The number of carbonyl (C=O) groups is 1. The molecule has 0 saturated carbocycles. The predicted molar refractivity (Wildman–Crippen MR) is 78.5 cm³/mol. The van der Waals surface area contributed by atoms with Gasteiger partial charge < -0.3 is 5.73 Å². The van der Waals surface area contributed by atoms with Crippen LogP contribution in [0.25, 0.3) is 4.91 Å². The second-order valence-corrected chi connectivity index (χ2v) is 5.56. The maximum atomic E-state index is 12.3. The van der Waals surface area contributed by atoms with Crippen LogP contribution in [-0.4, -0.2) is 15.9 Å². The zero-order valence-corrected chi connectivity index (χ0v) is 11.2. The molecule has 0 spiro atoms. The van der Waals surface area contributed by atoms with Crippen LogP contribution in [0.15, 0.2) is 60.2 Å². The number of benzene rings is 1. The highest BCUT2D eigenvalue weighted by Crippen LogP contribution is 2.27. The molecule has 98 valence electrons. The second kappa shape index (κ2) is 6.29. The summed E-state index contributed by atoms with van der Waals surface area (Å²) in [6.45, 7) is 0. The molecule has 1 atom stereocenters. The van der Waals surface area contributed by atoms with E-state index in [0.717, 1.165) is 11.1 Å². The number of allylic oxidation sites excluding steroid dienone is 5. The summed E-state index contributed by atoms with van der Waals surface area (Å²) in [5.41, 5.74) is 6.99. The van der Waals surface area contributed by atoms with Gasteiger partial charge in [-0.15, -0.1) is 0 Å². The van der Waals surface area contributed by atoms with Gasteiger partial charge in [0.25, 0.3) is 0 Å². The van der Waals surface area contributed by atoms with Crippen LogP contribution in [0, 0.1) is 0 Å². The third-order valence-corrected chi connectivity index (χ3v) is 4.21. The van der Waals surface area contributed by atoms with E-state index in [9.17, 15) is 9.00 Å². The lowest BCUT2D eigenvalue weighted by Crippen LogP contribution is -2.20. The minimum atomic E-state index is -1.42. The minimum Gasteiger partial charge on any atom is -0.369 e. The quantitative estimate of drug-likeness (QED) is 0.913. The lowest BCUT2D eigenvalue weighted by Gasteiger charge is -2.12. The molecule has 1 amide bonds. The molecule has 0 aromatic heterocycles. The van der Waals surface area contributed by atoms with Crippen molar-refractivity contribution in [1.29, 1.82) is 0 Å². The van der Waals surface area contributed by atoms with Gasteiger partial charge >= 0.3 is 0 Å². The standard InChI is InChI=1S/C15H15NO2S/c16-14(17)11-19(18)15(12-7-3-1-4-8-12)13-9-5-2-6-10-13/h1-9H,10-11H2,(H2,16,17)/b15-13+. The monoisotopic (exact) mass is 273 g/mol. The van der Waals surface area contributed by atoms with Crippen molar-refractivity contribution in [3.63, 3.8) is 0 Å². The first-order valence-corrected chi connectivity index (χ1v) is 7.29. The molecule has 0 aliphatic heterocycles. The van der Waals surface area contributed by atoms with Gasteiger partial charge in [-0.1, -0.05) is 54.6 Å². The van der Waals surface area contributed by atoms with E-state index >= 15 is 0 Å². The van der Waals surface area contributed by atoms with E-state index in [4.69, 9.17) is 5.73 Å². The molecule has 19 heavy (non-hydrogen) atoms. The summed E-state index contributed by atoms with van der Waals surface area (Å²) in [6.07, 6.45) is 8.50. The number of rotatable bonds is 4. The molecule has 2 rings (SSSR count). The van der Waals surface area contributed by atoms with Crippen LogP contribution in [0.5, 0.6) is 0 Å². The van der Waals surface area contributed by atoms with Crippen LogP contribution in [0.1, 0.15) is 12.0 Å². The van der Waals surface area contributed by atoms with Crippen molar-refractivity contribution < 1.29 is 9.00 Å². The third kappa shape index (κ3) is 3.51. The topological polar surface area (TPSA) is 60.2 Å². The Hall–Kier alpha value is -1.94. The number of primary amides is 1. The fraction of sp³-hybridized carbons (Fsp3) is 0.133. The highest BCUT2D eigenvalue weighted by atomic mass is 32.2. The van der Waals surface area contributed by atoms with Gasteiger partial charge in [-0.05, 0) is 17.6 Å². The van der Waals surface area contributed by atoms with E-state index in [1.54, 1.807) is 0 Å². The molecule has 1 aromatic rings. The first-order valence-electron chi connectivity index (χ1n) is 5.97. The maximum Gasteiger partial charge on any atom is 0.230 e. The average Bonchev–Trinajstić information content (AvgIpc) is 2.40. The first-order chi connectivity index (χ1) is 9.18. The fourth-order valence-electron chi connectivity index (χ4n) is 1.94. The average molecular weight is 273 g/mol. The lowest BCUT2D eigenvalue weighted by atomic mass is 10.0. The number of amides is 1. The van der Waals surface area contributed by atoms with E-state index in [-0.39, 0.29) is 5.75 Å². The zero-order chi connectivity index (χ0) is 13.7. The lowest BCUT2D eigenvalue weighted by molar-refractivity contribution is -0.115. The Kier molecular flexibility index (Phi) is 4.47. The van der Waals surface area contributed by atoms with Gasteiger partial charge in [0.1, 0.15) is 5.75 Å². The van der Waals surface area contributed by atoms with Crippen molar-refractivity contribution >= 4 is 21.6 Å².